The van der Waals surface area contributed by atoms with Gasteiger partial charge in [-0.1, -0.05) is 12.1 Å². The first kappa shape index (κ1) is 27.5. The highest BCUT2D eigenvalue weighted by molar-refractivity contribution is 7.92. The van der Waals surface area contributed by atoms with Crippen molar-refractivity contribution in [2.75, 3.05) is 49.6 Å². The van der Waals surface area contributed by atoms with Crippen LogP contribution in [0.1, 0.15) is 0 Å². The third-order valence-corrected chi connectivity index (χ3v) is 9.49. The molecular formula is C25H26FN3O7S2. The molecule has 3 aromatic carbocycles. The predicted octanol–water partition coefficient (Wildman–Crippen LogP) is 2.69. The lowest BCUT2D eigenvalue weighted by Gasteiger charge is -2.26. The molecule has 1 N–H and O–H groups in total. The summed E-state index contributed by atoms with van der Waals surface area (Å²) in [5, 5.41) is 2.55. The first-order valence-corrected chi connectivity index (χ1v) is 14.4. The Labute approximate surface area is 220 Å². The van der Waals surface area contributed by atoms with Crippen molar-refractivity contribution < 1.29 is 35.5 Å². The quantitative estimate of drug-likeness (QED) is 0.425. The van der Waals surface area contributed by atoms with Crippen molar-refractivity contribution >= 4 is 37.3 Å². The first-order chi connectivity index (χ1) is 18.1. The molecule has 202 valence electrons. The number of halogens is 1. The van der Waals surface area contributed by atoms with E-state index in [0.29, 0.717) is 23.3 Å². The average Bonchev–Trinajstić information content (AvgIpc) is 2.93. The molecule has 0 saturated carbocycles. The zero-order valence-electron chi connectivity index (χ0n) is 20.4. The molecule has 1 heterocycles. The van der Waals surface area contributed by atoms with Crippen molar-refractivity contribution in [3.05, 3.63) is 78.6 Å². The fourth-order valence-corrected chi connectivity index (χ4v) is 6.64. The summed E-state index contributed by atoms with van der Waals surface area (Å²) in [5.41, 5.74) is -0.0586. The van der Waals surface area contributed by atoms with Crippen molar-refractivity contribution in [1.82, 2.24) is 4.31 Å². The molecule has 1 aliphatic heterocycles. The lowest BCUT2D eigenvalue weighted by atomic mass is 10.3. The molecule has 0 aliphatic carbocycles. The highest BCUT2D eigenvalue weighted by Gasteiger charge is 2.30. The van der Waals surface area contributed by atoms with Gasteiger partial charge in [0.15, 0.2) is 0 Å². The fourth-order valence-electron chi connectivity index (χ4n) is 3.81. The Kier molecular flexibility index (Phi) is 8.31. The molecule has 1 fully saturated rings. The van der Waals surface area contributed by atoms with Gasteiger partial charge in [-0.25, -0.2) is 21.2 Å². The number of hydrogen-bond acceptors (Lipinski definition) is 7. The molecule has 38 heavy (non-hydrogen) atoms. The van der Waals surface area contributed by atoms with Crippen molar-refractivity contribution in [3.63, 3.8) is 0 Å². The lowest BCUT2D eigenvalue weighted by Crippen LogP contribution is -2.40. The van der Waals surface area contributed by atoms with E-state index in [1.165, 1.54) is 78.1 Å². The van der Waals surface area contributed by atoms with Crippen LogP contribution in [0.3, 0.4) is 0 Å². The molecule has 13 heteroatoms. The number of para-hydroxylation sites is 1. The second-order valence-electron chi connectivity index (χ2n) is 8.23. The molecule has 4 rings (SSSR count). The maximum Gasteiger partial charge on any atom is 0.264 e. The highest BCUT2D eigenvalue weighted by Crippen LogP contribution is 2.27. The Morgan fingerprint density at radius 2 is 1.55 bits per heavy atom. The predicted molar refractivity (Wildman–Crippen MR) is 139 cm³/mol. The number of nitrogens with one attached hydrogen (secondary N) is 1. The third-order valence-electron chi connectivity index (χ3n) is 5.80. The van der Waals surface area contributed by atoms with Crippen LogP contribution in [0.4, 0.5) is 15.8 Å². The van der Waals surface area contributed by atoms with Crippen LogP contribution in [0.2, 0.25) is 0 Å². The zero-order chi connectivity index (χ0) is 27.3. The van der Waals surface area contributed by atoms with Gasteiger partial charge in [0.1, 0.15) is 18.1 Å². The normalized spacial score (nSPS) is 14.6. The summed E-state index contributed by atoms with van der Waals surface area (Å²) in [6.07, 6.45) is 0. The van der Waals surface area contributed by atoms with E-state index in [-0.39, 0.29) is 34.3 Å². The van der Waals surface area contributed by atoms with E-state index in [2.05, 4.69) is 5.32 Å². The minimum Gasteiger partial charge on any atom is -0.497 e. The Hall–Kier alpha value is -3.52. The van der Waals surface area contributed by atoms with Gasteiger partial charge in [-0.15, -0.1) is 0 Å². The molecule has 0 unspecified atom stereocenters. The molecule has 0 atom stereocenters. The minimum absolute atomic E-state index is 0.0486. The van der Waals surface area contributed by atoms with E-state index >= 15 is 0 Å². The number of morpholine rings is 1. The van der Waals surface area contributed by atoms with Gasteiger partial charge in [0.2, 0.25) is 15.9 Å². The maximum absolute atomic E-state index is 14.7. The number of ether oxygens (including phenoxy) is 2. The van der Waals surface area contributed by atoms with Crippen LogP contribution >= 0.6 is 0 Å². The highest BCUT2D eigenvalue weighted by atomic mass is 32.2. The molecular weight excluding hydrogens is 537 g/mol. The van der Waals surface area contributed by atoms with Crippen LogP contribution in [0, 0.1) is 5.82 Å². The Balaban J connectivity index is 1.55. The average molecular weight is 564 g/mol. The molecule has 0 bridgehead atoms. The van der Waals surface area contributed by atoms with Crippen LogP contribution < -0.4 is 14.4 Å². The van der Waals surface area contributed by atoms with E-state index in [0.717, 1.165) is 6.07 Å². The SMILES string of the molecule is COc1ccc(S(=O)(=O)N(CC(=O)Nc2ccc(S(=O)(=O)N3CCOCC3)cc2)c2ccccc2F)cc1. The first-order valence-electron chi connectivity index (χ1n) is 11.5. The Morgan fingerprint density at radius 1 is 0.947 bits per heavy atom. The van der Waals surface area contributed by atoms with E-state index in [1.807, 2.05) is 0 Å². The molecule has 0 radical (unpaired) electrons. The summed E-state index contributed by atoms with van der Waals surface area (Å²) in [6.45, 7) is 0.379. The van der Waals surface area contributed by atoms with E-state index in [4.69, 9.17) is 9.47 Å². The number of benzene rings is 3. The zero-order valence-corrected chi connectivity index (χ0v) is 22.0. The maximum atomic E-state index is 14.7. The van der Waals surface area contributed by atoms with Crippen molar-refractivity contribution in [1.29, 1.82) is 0 Å². The van der Waals surface area contributed by atoms with E-state index < -0.39 is 38.3 Å². The third kappa shape index (κ3) is 5.96. The number of nitrogens with zero attached hydrogens (tertiary/aromatic N) is 2. The largest absolute Gasteiger partial charge is 0.497 e. The second-order valence-corrected chi connectivity index (χ2v) is 12.0. The number of sulfonamides is 2. The number of carbonyl (C=O) groups excluding carboxylic acids is 1. The van der Waals surface area contributed by atoms with Crippen LogP contribution in [-0.2, 0) is 29.6 Å². The molecule has 3 aromatic rings. The summed E-state index contributed by atoms with van der Waals surface area (Å²) in [6, 6.07) is 16.2. The topological polar surface area (TPSA) is 122 Å². The summed E-state index contributed by atoms with van der Waals surface area (Å²) in [4.78, 5) is 12.8. The number of methoxy groups -OCH3 is 1. The Bertz CT molecular complexity index is 1490. The van der Waals surface area contributed by atoms with Gasteiger partial charge in [-0.05, 0) is 60.7 Å². The second kappa shape index (κ2) is 11.5. The molecule has 0 spiro atoms. The van der Waals surface area contributed by atoms with Gasteiger partial charge in [-0.3, -0.25) is 9.10 Å². The number of rotatable bonds is 9. The molecule has 0 aromatic heterocycles. The molecule has 10 nitrogen and oxygen atoms in total. The van der Waals surface area contributed by atoms with Gasteiger partial charge in [0.25, 0.3) is 10.0 Å². The molecule has 1 amide bonds. The van der Waals surface area contributed by atoms with E-state index in [1.54, 1.807) is 0 Å². The van der Waals surface area contributed by atoms with E-state index in [9.17, 15) is 26.0 Å². The van der Waals surface area contributed by atoms with Gasteiger partial charge in [0, 0.05) is 18.8 Å². The lowest BCUT2D eigenvalue weighted by molar-refractivity contribution is -0.114. The molecule has 1 aliphatic rings. The van der Waals surface area contributed by atoms with Crippen LogP contribution in [0.25, 0.3) is 0 Å². The number of anilines is 2. The number of hydrogen-bond donors (Lipinski definition) is 1. The Morgan fingerprint density at radius 3 is 2.16 bits per heavy atom. The van der Waals surface area contributed by atoms with Crippen molar-refractivity contribution in [2.24, 2.45) is 0 Å². The van der Waals surface area contributed by atoms with Gasteiger partial charge in [0.05, 0.1) is 35.8 Å². The van der Waals surface area contributed by atoms with Crippen molar-refractivity contribution in [2.45, 2.75) is 9.79 Å². The monoisotopic (exact) mass is 563 g/mol. The van der Waals surface area contributed by atoms with Gasteiger partial charge >= 0.3 is 0 Å². The summed E-state index contributed by atoms with van der Waals surface area (Å²) in [5.74, 6) is -1.15. The fraction of sp³-hybridized carbons (Fsp3) is 0.240. The summed E-state index contributed by atoms with van der Waals surface area (Å²) >= 11 is 0. The summed E-state index contributed by atoms with van der Waals surface area (Å²) < 4.78 is 79.4. The van der Waals surface area contributed by atoms with Crippen LogP contribution in [-0.4, -0.2) is 67.0 Å². The van der Waals surface area contributed by atoms with Crippen LogP contribution in [0.5, 0.6) is 5.75 Å². The van der Waals surface area contributed by atoms with Crippen LogP contribution in [0.15, 0.2) is 82.6 Å². The standard InChI is InChI=1S/C25H26FN3O7S2/c1-35-20-8-12-22(13-9-20)38(33,34)29(24-5-3-2-4-23(24)26)18-25(30)27-19-6-10-21(11-7-19)37(31,32)28-14-16-36-17-15-28/h2-13H,14-18H2,1H3,(H,27,30). The molecule has 1 saturated heterocycles. The number of carbonyl (C=O) groups is 1. The smallest absolute Gasteiger partial charge is 0.264 e. The number of amides is 1. The van der Waals surface area contributed by atoms with Crippen molar-refractivity contribution in [3.8, 4) is 5.75 Å². The summed E-state index contributed by atoms with van der Waals surface area (Å²) in [7, 11) is -6.63. The minimum atomic E-state index is -4.35. The van der Waals surface area contributed by atoms with Gasteiger partial charge in [-0.2, -0.15) is 4.31 Å². The van der Waals surface area contributed by atoms with Gasteiger partial charge < -0.3 is 14.8 Å².